The Hall–Kier alpha value is -0.820. The van der Waals surface area contributed by atoms with Crippen molar-refractivity contribution >= 4 is 21.4 Å². The van der Waals surface area contributed by atoms with Crippen molar-refractivity contribution in [2.45, 2.75) is 34.6 Å². The van der Waals surface area contributed by atoms with Crippen LogP contribution in [-0.2, 0) is 0 Å². The van der Waals surface area contributed by atoms with Crippen molar-refractivity contribution in [1.29, 1.82) is 0 Å². The zero-order valence-corrected chi connectivity index (χ0v) is 10.3. The van der Waals surface area contributed by atoms with E-state index >= 15 is 0 Å². The molecule has 0 bridgehead atoms. The van der Waals surface area contributed by atoms with Gasteiger partial charge in [0.15, 0.2) is 0 Å². The summed E-state index contributed by atoms with van der Waals surface area (Å²) in [6.07, 6.45) is 0. The molecule has 0 nitrogen and oxygen atoms in total. The normalized spacial score (nSPS) is 11.2. The van der Waals surface area contributed by atoms with Crippen LogP contribution in [0.2, 0.25) is 0 Å². The highest BCUT2D eigenvalue weighted by atomic mass is 32.1. The van der Waals surface area contributed by atoms with Crippen molar-refractivity contribution in [1.82, 2.24) is 0 Å². The molecule has 0 amide bonds. The Morgan fingerprint density at radius 2 is 1.50 bits per heavy atom. The van der Waals surface area contributed by atoms with E-state index in [4.69, 9.17) is 0 Å². The lowest BCUT2D eigenvalue weighted by Gasteiger charge is -2.05. The van der Waals surface area contributed by atoms with Crippen molar-refractivity contribution in [2.75, 3.05) is 0 Å². The van der Waals surface area contributed by atoms with Crippen molar-refractivity contribution in [3.63, 3.8) is 0 Å². The van der Waals surface area contributed by atoms with Gasteiger partial charge in [0.05, 0.1) is 0 Å². The summed E-state index contributed by atoms with van der Waals surface area (Å²) >= 11 is 1.93. The number of fused-ring (bicyclic) bond motifs is 1. The third kappa shape index (κ3) is 1.19. The summed E-state index contributed by atoms with van der Waals surface area (Å²) in [6, 6.07) is 2.33. The van der Waals surface area contributed by atoms with Crippen LogP contribution in [0, 0.1) is 34.6 Å². The lowest BCUT2D eigenvalue weighted by atomic mass is 10.0. The van der Waals surface area contributed by atoms with Gasteiger partial charge in [0.2, 0.25) is 0 Å². The summed E-state index contributed by atoms with van der Waals surface area (Å²) in [5.74, 6) is 0. The first-order valence-corrected chi connectivity index (χ1v) is 5.80. The topological polar surface area (TPSA) is 0 Å². The van der Waals surface area contributed by atoms with E-state index in [-0.39, 0.29) is 0 Å². The van der Waals surface area contributed by atoms with E-state index in [9.17, 15) is 0 Å². The zero-order chi connectivity index (χ0) is 10.5. The van der Waals surface area contributed by atoms with Crippen LogP contribution in [0.15, 0.2) is 6.07 Å². The van der Waals surface area contributed by atoms with Gasteiger partial charge in [0, 0.05) is 9.58 Å². The molecule has 1 aromatic heterocycles. The van der Waals surface area contributed by atoms with E-state index < -0.39 is 0 Å². The minimum atomic E-state index is 1.41. The number of aryl methyl sites for hydroxylation is 4. The molecule has 1 heteroatoms. The summed E-state index contributed by atoms with van der Waals surface area (Å²) in [5.41, 5.74) is 5.77. The molecule has 0 spiro atoms. The quantitative estimate of drug-likeness (QED) is 0.595. The molecule has 0 fully saturated rings. The average molecular weight is 204 g/mol. The molecule has 2 rings (SSSR count). The van der Waals surface area contributed by atoms with Crippen molar-refractivity contribution in [3.05, 3.63) is 33.2 Å². The van der Waals surface area contributed by atoms with Gasteiger partial charge in [-0.05, 0) is 62.3 Å². The monoisotopic (exact) mass is 204 g/mol. The van der Waals surface area contributed by atoms with Crippen LogP contribution in [0.4, 0.5) is 0 Å². The van der Waals surface area contributed by atoms with Gasteiger partial charge in [-0.2, -0.15) is 0 Å². The Morgan fingerprint density at radius 1 is 0.857 bits per heavy atom. The highest BCUT2D eigenvalue weighted by Gasteiger charge is 2.10. The SMILES string of the molecule is Cc1cc2c(C)c(C)sc2c(C)c1C. The highest BCUT2D eigenvalue weighted by molar-refractivity contribution is 7.19. The maximum Gasteiger partial charge on any atom is 0.0380 e. The fraction of sp³-hybridized carbons (Fsp3) is 0.385. The molecule has 1 aromatic carbocycles. The Kier molecular flexibility index (Phi) is 2.15. The molecular weight excluding hydrogens is 188 g/mol. The van der Waals surface area contributed by atoms with E-state index in [1.807, 2.05) is 11.3 Å². The first-order chi connectivity index (χ1) is 6.52. The van der Waals surface area contributed by atoms with Crippen LogP contribution < -0.4 is 0 Å². The summed E-state index contributed by atoms with van der Waals surface area (Å²) < 4.78 is 1.48. The standard InChI is InChI=1S/C13H16S/c1-7-6-12-10(4)11(5)14-13(12)9(3)8(7)2/h6H,1-5H3. The van der Waals surface area contributed by atoms with Crippen LogP contribution in [0.25, 0.3) is 10.1 Å². The van der Waals surface area contributed by atoms with Crippen LogP contribution >= 0.6 is 11.3 Å². The molecule has 0 N–H and O–H groups in total. The Bertz CT molecular complexity index is 504. The van der Waals surface area contributed by atoms with E-state index in [0.717, 1.165) is 0 Å². The van der Waals surface area contributed by atoms with Gasteiger partial charge in [-0.1, -0.05) is 6.07 Å². The predicted molar refractivity (Wildman–Crippen MR) is 65.5 cm³/mol. The minimum Gasteiger partial charge on any atom is -0.140 e. The second-order valence-corrected chi connectivity index (χ2v) is 5.33. The molecule has 1 heterocycles. The number of rotatable bonds is 0. The zero-order valence-electron chi connectivity index (χ0n) is 9.49. The van der Waals surface area contributed by atoms with Crippen LogP contribution in [0.3, 0.4) is 0 Å². The molecule has 0 unspecified atom stereocenters. The molecule has 0 saturated heterocycles. The second kappa shape index (κ2) is 3.09. The Morgan fingerprint density at radius 3 is 2.14 bits per heavy atom. The maximum absolute atomic E-state index is 2.33. The first kappa shape index (κ1) is 9.72. The van der Waals surface area contributed by atoms with E-state index in [2.05, 4.69) is 40.7 Å². The lowest BCUT2D eigenvalue weighted by molar-refractivity contribution is 1.30. The molecule has 14 heavy (non-hydrogen) atoms. The first-order valence-electron chi connectivity index (χ1n) is 4.99. The molecule has 0 atom stereocenters. The Labute approximate surface area is 89.6 Å². The third-order valence-corrected chi connectivity index (χ3v) is 4.63. The molecule has 0 saturated carbocycles. The van der Waals surface area contributed by atoms with Crippen molar-refractivity contribution in [2.24, 2.45) is 0 Å². The third-order valence-electron chi connectivity index (χ3n) is 3.29. The van der Waals surface area contributed by atoms with Gasteiger partial charge < -0.3 is 0 Å². The van der Waals surface area contributed by atoms with Gasteiger partial charge in [-0.25, -0.2) is 0 Å². The largest absolute Gasteiger partial charge is 0.140 e. The highest BCUT2D eigenvalue weighted by Crippen LogP contribution is 2.35. The van der Waals surface area contributed by atoms with E-state index in [1.54, 1.807) is 0 Å². The fourth-order valence-corrected chi connectivity index (χ4v) is 3.09. The van der Waals surface area contributed by atoms with E-state index in [0.29, 0.717) is 0 Å². The number of hydrogen-bond acceptors (Lipinski definition) is 1. The van der Waals surface area contributed by atoms with Gasteiger partial charge in [-0.3, -0.25) is 0 Å². The molecule has 0 aliphatic heterocycles. The number of thiophene rings is 1. The number of benzene rings is 1. The smallest absolute Gasteiger partial charge is 0.0380 e. The van der Waals surface area contributed by atoms with Gasteiger partial charge in [-0.15, -0.1) is 11.3 Å². The molecule has 0 aliphatic carbocycles. The van der Waals surface area contributed by atoms with Crippen molar-refractivity contribution in [3.8, 4) is 0 Å². The van der Waals surface area contributed by atoms with Gasteiger partial charge in [0.1, 0.15) is 0 Å². The van der Waals surface area contributed by atoms with Crippen LogP contribution in [0.1, 0.15) is 27.1 Å². The fourth-order valence-electron chi connectivity index (χ4n) is 1.89. The number of hydrogen-bond donors (Lipinski definition) is 0. The summed E-state index contributed by atoms with van der Waals surface area (Å²) in [4.78, 5) is 1.45. The van der Waals surface area contributed by atoms with Crippen molar-refractivity contribution < 1.29 is 0 Å². The average Bonchev–Trinajstić information content (AvgIpc) is 2.42. The maximum atomic E-state index is 2.33. The minimum absolute atomic E-state index is 1.41. The molecular formula is C13H16S. The van der Waals surface area contributed by atoms with Crippen LogP contribution in [-0.4, -0.2) is 0 Å². The van der Waals surface area contributed by atoms with E-state index in [1.165, 1.54) is 37.2 Å². The Balaban J connectivity index is 2.98. The van der Waals surface area contributed by atoms with Gasteiger partial charge in [0.25, 0.3) is 0 Å². The molecule has 0 aliphatic rings. The second-order valence-electron chi connectivity index (χ2n) is 4.10. The lowest BCUT2D eigenvalue weighted by Crippen LogP contribution is -1.86. The molecule has 0 radical (unpaired) electrons. The van der Waals surface area contributed by atoms with Gasteiger partial charge >= 0.3 is 0 Å². The summed E-state index contributed by atoms with van der Waals surface area (Å²) in [6.45, 7) is 11.1. The summed E-state index contributed by atoms with van der Waals surface area (Å²) in [7, 11) is 0. The predicted octanol–water partition coefficient (Wildman–Crippen LogP) is 4.44. The summed E-state index contributed by atoms with van der Waals surface area (Å²) in [5, 5.41) is 1.45. The molecule has 74 valence electrons. The molecule has 2 aromatic rings. The van der Waals surface area contributed by atoms with Crippen LogP contribution in [0.5, 0.6) is 0 Å².